The molecule has 0 atom stereocenters. The Morgan fingerprint density at radius 1 is 1.14 bits per heavy atom. The summed E-state index contributed by atoms with van der Waals surface area (Å²) < 4.78 is 0. The molecule has 11 heteroatoms. The van der Waals surface area contributed by atoms with E-state index >= 15 is 0 Å². The predicted molar refractivity (Wildman–Crippen MR) is 76.0 cm³/mol. The molecule has 0 aromatic carbocycles. The Morgan fingerprint density at radius 2 is 1.67 bits per heavy atom. The van der Waals surface area contributed by atoms with Crippen LogP contribution in [0.4, 0.5) is 11.9 Å². The Labute approximate surface area is 121 Å². The number of rotatable bonds is 8. The number of aryl methyl sites for hydroxylation is 1. The lowest BCUT2D eigenvalue weighted by Gasteiger charge is -2.08. The quantitative estimate of drug-likeness (QED) is 0.235. The van der Waals surface area contributed by atoms with Crippen LogP contribution in [0.25, 0.3) is 0 Å². The van der Waals surface area contributed by atoms with Gasteiger partial charge in [-0.3, -0.25) is 0 Å². The molecular formula is C10H21N7O4. The maximum absolute atomic E-state index is 8.71. The van der Waals surface area contributed by atoms with Crippen LogP contribution in [0.15, 0.2) is 0 Å². The zero-order chi connectivity index (χ0) is 16.1. The molecule has 1 heterocycles. The summed E-state index contributed by atoms with van der Waals surface area (Å²) in [5.41, 5.74) is 0. The third-order valence-corrected chi connectivity index (χ3v) is 2.03. The van der Waals surface area contributed by atoms with Gasteiger partial charge in [0.1, 0.15) is 5.82 Å². The first-order valence-corrected chi connectivity index (χ1v) is 6.28. The van der Waals surface area contributed by atoms with E-state index in [4.69, 9.17) is 20.4 Å². The standard InChI is InChI=1S/C10H20N6O.HNO3/c1-8-14-9(12-5-3-4-11-2)16-10(15-8)13-6-7-17;2-1(3)4/h11,17H,3-7H2,1-2H3,(H2,12,13,14,15,16);(H,2,3,4). The molecule has 1 rings (SSSR count). The van der Waals surface area contributed by atoms with E-state index in [0.717, 1.165) is 19.5 Å². The Hall–Kier alpha value is -2.27. The predicted octanol–water partition coefficient (Wildman–Crippen LogP) is -0.742. The molecule has 0 bridgehead atoms. The van der Waals surface area contributed by atoms with E-state index in [1.165, 1.54) is 0 Å². The minimum atomic E-state index is -1.50. The van der Waals surface area contributed by atoms with Gasteiger partial charge in [-0.15, -0.1) is 10.1 Å². The van der Waals surface area contributed by atoms with Crippen LogP contribution in [0.3, 0.4) is 0 Å². The van der Waals surface area contributed by atoms with Crippen LogP contribution in [-0.4, -0.2) is 63.6 Å². The van der Waals surface area contributed by atoms with Crippen LogP contribution in [0.1, 0.15) is 12.2 Å². The lowest BCUT2D eigenvalue weighted by molar-refractivity contribution is -0.742. The molecule has 0 aliphatic rings. The summed E-state index contributed by atoms with van der Waals surface area (Å²) in [5.74, 6) is 1.70. The molecule has 0 unspecified atom stereocenters. The number of anilines is 2. The highest BCUT2D eigenvalue weighted by Crippen LogP contribution is 2.04. The largest absolute Gasteiger partial charge is 0.395 e. The molecule has 0 aliphatic heterocycles. The van der Waals surface area contributed by atoms with Gasteiger partial charge >= 0.3 is 0 Å². The topological polar surface area (TPSA) is 158 Å². The Bertz CT molecular complexity index is 414. The molecule has 0 spiro atoms. The second kappa shape index (κ2) is 11.5. The summed E-state index contributed by atoms with van der Waals surface area (Å²) in [5, 5.41) is 31.5. The number of aliphatic hydroxyl groups is 1. The van der Waals surface area contributed by atoms with Crippen LogP contribution in [0.5, 0.6) is 0 Å². The monoisotopic (exact) mass is 303 g/mol. The third-order valence-electron chi connectivity index (χ3n) is 2.03. The van der Waals surface area contributed by atoms with Crippen molar-refractivity contribution in [3.05, 3.63) is 15.9 Å². The minimum Gasteiger partial charge on any atom is -0.395 e. The normalized spacial score (nSPS) is 9.48. The smallest absolute Gasteiger partial charge is 0.291 e. The molecule has 11 nitrogen and oxygen atoms in total. The fourth-order valence-corrected chi connectivity index (χ4v) is 1.27. The first kappa shape index (κ1) is 18.7. The summed E-state index contributed by atoms with van der Waals surface area (Å²) in [6, 6.07) is 0. The second-order valence-corrected chi connectivity index (χ2v) is 3.80. The van der Waals surface area contributed by atoms with E-state index in [0.29, 0.717) is 24.3 Å². The Balaban J connectivity index is 0.000000885. The molecule has 0 radical (unpaired) electrons. The van der Waals surface area contributed by atoms with Crippen LogP contribution >= 0.6 is 0 Å². The molecule has 0 saturated carbocycles. The average Bonchev–Trinajstić information content (AvgIpc) is 2.40. The summed E-state index contributed by atoms with van der Waals surface area (Å²) in [4.78, 5) is 20.9. The van der Waals surface area contributed by atoms with Crippen molar-refractivity contribution >= 4 is 11.9 Å². The van der Waals surface area contributed by atoms with E-state index in [1.807, 2.05) is 14.0 Å². The van der Waals surface area contributed by atoms with E-state index in [2.05, 4.69) is 30.9 Å². The van der Waals surface area contributed by atoms with E-state index in [1.54, 1.807) is 0 Å². The zero-order valence-corrected chi connectivity index (χ0v) is 12.0. The highest BCUT2D eigenvalue weighted by molar-refractivity contribution is 5.34. The van der Waals surface area contributed by atoms with Gasteiger partial charge in [0, 0.05) is 13.1 Å². The van der Waals surface area contributed by atoms with Crippen LogP contribution in [0.2, 0.25) is 0 Å². The van der Waals surface area contributed by atoms with Crippen LogP contribution in [0, 0.1) is 17.0 Å². The van der Waals surface area contributed by atoms with Crippen molar-refractivity contribution in [1.29, 1.82) is 0 Å². The van der Waals surface area contributed by atoms with Gasteiger partial charge < -0.3 is 26.3 Å². The van der Waals surface area contributed by atoms with Crippen molar-refractivity contribution in [3.63, 3.8) is 0 Å². The van der Waals surface area contributed by atoms with E-state index in [-0.39, 0.29) is 6.61 Å². The highest BCUT2D eigenvalue weighted by atomic mass is 16.9. The highest BCUT2D eigenvalue weighted by Gasteiger charge is 2.02. The minimum absolute atomic E-state index is 0.0513. The van der Waals surface area contributed by atoms with Gasteiger partial charge in [0.25, 0.3) is 5.09 Å². The first-order chi connectivity index (χ1) is 9.99. The molecular weight excluding hydrogens is 282 g/mol. The summed E-state index contributed by atoms with van der Waals surface area (Å²) in [7, 11) is 1.92. The van der Waals surface area contributed by atoms with Crippen molar-refractivity contribution in [1.82, 2.24) is 20.3 Å². The molecule has 5 N–H and O–H groups in total. The van der Waals surface area contributed by atoms with Crippen molar-refractivity contribution in [2.24, 2.45) is 0 Å². The van der Waals surface area contributed by atoms with Crippen LogP contribution < -0.4 is 16.0 Å². The number of nitrogens with zero attached hydrogens (tertiary/aromatic N) is 4. The van der Waals surface area contributed by atoms with Crippen molar-refractivity contribution in [2.45, 2.75) is 13.3 Å². The van der Waals surface area contributed by atoms with Gasteiger partial charge in [-0.25, -0.2) is 0 Å². The third kappa shape index (κ3) is 11.3. The number of aromatic nitrogens is 3. The fraction of sp³-hybridized carbons (Fsp3) is 0.700. The van der Waals surface area contributed by atoms with Gasteiger partial charge in [0.05, 0.1) is 6.61 Å². The van der Waals surface area contributed by atoms with Gasteiger partial charge in [0.15, 0.2) is 0 Å². The molecule has 0 fully saturated rings. The van der Waals surface area contributed by atoms with Crippen molar-refractivity contribution in [2.75, 3.05) is 43.9 Å². The summed E-state index contributed by atoms with van der Waals surface area (Å²) in [6.45, 7) is 4.05. The summed E-state index contributed by atoms with van der Waals surface area (Å²) in [6.07, 6.45) is 1.00. The number of hydrogen-bond donors (Lipinski definition) is 5. The van der Waals surface area contributed by atoms with Gasteiger partial charge in [-0.2, -0.15) is 15.0 Å². The molecule has 0 saturated heterocycles. The molecule has 120 valence electrons. The van der Waals surface area contributed by atoms with Crippen molar-refractivity contribution in [3.8, 4) is 0 Å². The average molecular weight is 303 g/mol. The van der Waals surface area contributed by atoms with Gasteiger partial charge in [0.2, 0.25) is 11.9 Å². The SMILES string of the molecule is CNCCCNc1nc(C)nc(NCCO)n1.O=[N+]([O-])O. The lowest BCUT2D eigenvalue weighted by Crippen LogP contribution is -2.16. The molecule has 0 aliphatic carbocycles. The maximum Gasteiger partial charge on any atom is 0.291 e. The molecule has 1 aromatic heterocycles. The van der Waals surface area contributed by atoms with E-state index in [9.17, 15) is 0 Å². The van der Waals surface area contributed by atoms with Gasteiger partial charge in [-0.05, 0) is 26.9 Å². The first-order valence-electron chi connectivity index (χ1n) is 6.28. The number of aliphatic hydroxyl groups excluding tert-OH is 1. The Morgan fingerprint density at radius 3 is 2.14 bits per heavy atom. The van der Waals surface area contributed by atoms with Gasteiger partial charge in [-0.1, -0.05) is 0 Å². The van der Waals surface area contributed by atoms with Crippen LogP contribution in [-0.2, 0) is 0 Å². The lowest BCUT2D eigenvalue weighted by atomic mass is 10.4. The van der Waals surface area contributed by atoms with E-state index < -0.39 is 5.09 Å². The number of hydrogen-bond acceptors (Lipinski definition) is 9. The molecule has 21 heavy (non-hydrogen) atoms. The fourth-order valence-electron chi connectivity index (χ4n) is 1.27. The molecule has 1 aromatic rings. The Kier molecular flexibility index (Phi) is 10.3. The zero-order valence-electron chi connectivity index (χ0n) is 12.0. The van der Waals surface area contributed by atoms with Crippen molar-refractivity contribution < 1.29 is 15.4 Å². The number of nitrogens with one attached hydrogen (secondary N) is 3. The molecule has 0 amide bonds. The second-order valence-electron chi connectivity index (χ2n) is 3.80. The summed E-state index contributed by atoms with van der Waals surface area (Å²) >= 11 is 0. The maximum atomic E-state index is 8.71.